The first-order valence-corrected chi connectivity index (χ1v) is 9.00. The van der Waals surface area contributed by atoms with Gasteiger partial charge in [-0.3, -0.25) is 4.79 Å². The van der Waals surface area contributed by atoms with Gasteiger partial charge in [0.1, 0.15) is 10.7 Å². The second kappa shape index (κ2) is 8.10. The molecule has 1 aromatic heterocycles. The summed E-state index contributed by atoms with van der Waals surface area (Å²) in [5.74, 6) is 0.425. The van der Waals surface area contributed by atoms with Crippen molar-refractivity contribution in [2.24, 2.45) is 11.7 Å². The summed E-state index contributed by atoms with van der Waals surface area (Å²) in [6.07, 6.45) is 2.12. The molecule has 2 N–H and O–H groups in total. The van der Waals surface area contributed by atoms with E-state index >= 15 is 0 Å². The molecular weight excluding hydrogens is 342 g/mol. The van der Waals surface area contributed by atoms with E-state index in [0.29, 0.717) is 11.6 Å². The Kier molecular flexibility index (Phi) is 6.38. The number of aromatic nitrogens is 1. The van der Waals surface area contributed by atoms with E-state index in [9.17, 15) is 4.79 Å². The molecule has 1 saturated heterocycles. The molecule has 0 saturated carbocycles. The maximum absolute atomic E-state index is 12.7. The van der Waals surface area contributed by atoms with Crippen molar-refractivity contribution in [1.82, 2.24) is 9.88 Å². The van der Waals surface area contributed by atoms with E-state index in [0.717, 1.165) is 36.5 Å². The molecule has 1 aliphatic rings. The standard InChI is InChI=1S/C18H23N3OS.ClH/c1-12-6-3-4-8-15(12)17-20-16(11-23-17)18(22)21-9-5-7-14(10-21)13(2)19;/h3-4,6,8,11,13-14H,5,7,9-10,19H2,1-2H3;1H. The quantitative estimate of drug-likeness (QED) is 0.901. The monoisotopic (exact) mass is 365 g/mol. The van der Waals surface area contributed by atoms with Gasteiger partial charge >= 0.3 is 0 Å². The Balaban J connectivity index is 0.00000208. The van der Waals surface area contributed by atoms with E-state index in [1.807, 2.05) is 29.3 Å². The molecule has 0 aliphatic carbocycles. The van der Waals surface area contributed by atoms with Gasteiger partial charge in [0.25, 0.3) is 5.91 Å². The molecule has 0 spiro atoms. The van der Waals surface area contributed by atoms with Crippen molar-refractivity contribution in [3.8, 4) is 10.6 Å². The Morgan fingerprint density at radius 1 is 1.42 bits per heavy atom. The average Bonchev–Trinajstić information content (AvgIpc) is 3.04. The van der Waals surface area contributed by atoms with Crippen molar-refractivity contribution < 1.29 is 4.79 Å². The van der Waals surface area contributed by atoms with Gasteiger partial charge in [-0.15, -0.1) is 23.7 Å². The lowest BCUT2D eigenvalue weighted by Gasteiger charge is -2.34. The van der Waals surface area contributed by atoms with Crippen molar-refractivity contribution in [2.45, 2.75) is 32.7 Å². The molecule has 1 aliphatic heterocycles. The predicted octanol–water partition coefficient (Wildman–Crippen LogP) is 3.74. The first-order chi connectivity index (χ1) is 11.1. The number of rotatable bonds is 3. The minimum atomic E-state index is 0. The van der Waals surface area contributed by atoms with E-state index in [1.165, 1.54) is 16.9 Å². The smallest absolute Gasteiger partial charge is 0.273 e. The third kappa shape index (κ3) is 3.97. The Bertz CT molecular complexity index is 701. The van der Waals surface area contributed by atoms with Gasteiger partial charge in [-0.25, -0.2) is 4.98 Å². The number of amides is 1. The van der Waals surface area contributed by atoms with E-state index in [4.69, 9.17) is 5.73 Å². The van der Waals surface area contributed by atoms with Crippen LogP contribution in [-0.2, 0) is 0 Å². The van der Waals surface area contributed by atoms with Crippen LogP contribution in [0.3, 0.4) is 0 Å². The summed E-state index contributed by atoms with van der Waals surface area (Å²) in [5.41, 5.74) is 8.84. The van der Waals surface area contributed by atoms with Gasteiger partial charge in [0, 0.05) is 30.1 Å². The summed E-state index contributed by atoms with van der Waals surface area (Å²) in [6.45, 7) is 5.64. The van der Waals surface area contributed by atoms with Gasteiger partial charge in [-0.2, -0.15) is 0 Å². The molecule has 0 radical (unpaired) electrons. The molecule has 1 amide bonds. The highest BCUT2D eigenvalue weighted by molar-refractivity contribution is 7.13. The number of halogens is 1. The van der Waals surface area contributed by atoms with Gasteiger partial charge in [-0.05, 0) is 38.2 Å². The van der Waals surface area contributed by atoms with Crippen LogP contribution in [-0.4, -0.2) is 34.9 Å². The van der Waals surface area contributed by atoms with Crippen LogP contribution < -0.4 is 5.73 Å². The first-order valence-electron chi connectivity index (χ1n) is 8.12. The fraction of sp³-hybridized carbons (Fsp3) is 0.444. The van der Waals surface area contributed by atoms with Crippen LogP contribution in [0.2, 0.25) is 0 Å². The topological polar surface area (TPSA) is 59.2 Å². The fourth-order valence-electron chi connectivity index (χ4n) is 3.09. The number of likely N-dealkylation sites (tertiary alicyclic amines) is 1. The van der Waals surface area contributed by atoms with Crippen molar-refractivity contribution in [2.75, 3.05) is 13.1 Å². The number of hydrogen-bond donors (Lipinski definition) is 1. The average molecular weight is 366 g/mol. The van der Waals surface area contributed by atoms with Gasteiger partial charge in [0.05, 0.1) is 0 Å². The van der Waals surface area contributed by atoms with Gasteiger partial charge in [0.2, 0.25) is 0 Å². The Labute approximate surface area is 153 Å². The molecule has 2 aromatic rings. The third-order valence-electron chi connectivity index (χ3n) is 4.59. The Morgan fingerprint density at radius 3 is 2.88 bits per heavy atom. The van der Waals surface area contributed by atoms with Crippen molar-refractivity contribution in [3.63, 3.8) is 0 Å². The maximum Gasteiger partial charge on any atom is 0.273 e. The number of carbonyl (C=O) groups is 1. The van der Waals surface area contributed by atoms with Gasteiger partial charge < -0.3 is 10.6 Å². The Morgan fingerprint density at radius 2 is 2.17 bits per heavy atom. The predicted molar refractivity (Wildman–Crippen MR) is 102 cm³/mol. The number of hydrogen-bond acceptors (Lipinski definition) is 4. The lowest BCUT2D eigenvalue weighted by molar-refractivity contribution is 0.0656. The van der Waals surface area contributed by atoms with Crippen molar-refractivity contribution >= 4 is 29.7 Å². The van der Waals surface area contributed by atoms with E-state index in [1.54, 1.807) is 0 Å². The van der Waals surface area contributed by atoms with E-state index < -0.39 is 0 Å². The number of carbonyl (C=O) groups excluding carboxylic acids is 1. The van der Waals surface area contributed by atoms with Gasteiger partial charge in [0.15, 0.2) is 0 Å². The van der Waals surface area contributed by atoms with Crippen LogP contribution in [0.4, 0.5) is 0 Å². The van der Waals surface area contributed by atoms with Crippen LogP contribution in [0, 0.1) is 12.8 Å². The third-order valence-corrected chi connectivity index (χ3v) is 5.46. The molecule has 1 aromatic carbocycles. The highest BCUT2D eigenvalue weighted by Crippen LogP contribution is 2.28. The second-order valence-electron chi connectivity index (χ2n) is 6.37. The molecule has 6 heteroatoms. The molecular formula is C18H24ClN3OS. The zero-order valence-corrected chi connectivity index (χ0v) is 15.7. The minimum absolute atomic E-state index is 0. The number of thiazole rings is 1. The van der Waals surface area contributed by atoms with Crippen LogP contribution in [0.1, 0.15) is 35.8 Å². The highest BCUT2D eigenvalue weighted by Gasteiger charge is 2.27. The van der Waals surface area contributed by atoms with Crippen LogP contribution in [0.15, 0.2) is 29.6 Å². The molecule has 1 fully saturated rings. The molecule has 2 unspecified atom stereocenters. The summed E-state index contributed by atoms with van der Waals surface area (Å²) in [5, 5.41) is 2.78. The second-order valence-corrected chi connectivity index (χ2v) is 7.22. The number of benzene rings is 1. The lowest BCUT2D eigenvalue weighted by atomic mass is 9.92. The molecule has 3 rings (SSSR count). The fourth-order valence-corrected chi connectivity index (χ4v) is 3.98. The largest absolute Gasteiger partial charge is 0.337 e. The summed E-state index contributed by atoms with van der Waals surface area (Å²) in [6, 6.07) is 8.26. The molecule has 2 atom stereocenters. The molecule has 2 heterocycles. The highest BCUT2D eigenvalue weighted by atomic mass is 35.5. The number of nitrogens with zero attached hydrogens (tertiary/aromatic N) is 2. The molecule has 0 bridgehead atoms. The zero-order chi connectivity index (χ0) is 16.4. The van der Waals surface area contributed by atoms with E-state index in [-0.39, 0.29) is 24.4 Å². The summed E-state index contributed by atoms with van der Waals surface area (Å²) in [4.78, 5) is 19.2. The van der Waals surface area contributed by atoms with Crippen LogP contribution in [0.25, 0.3) is 10.6 Å². The number of piperidine rings is 1. The van der Waals surface area contributed by atoms with Crippen LogP contribution in [0.5, 0.6) is 0 Å². The normalized spacial score (nSPS) is 18.8. The van der Waals surface area contributed by atoms with Gasteiger partial charge in [-0.1, -0.05) is 24.3 Å². The lowest BCUT2D eigenvalue weighted by Crippen LogP contribution is -2.45. The first kappa shape index (κ1) is 18.9. The number of nitrogens with two attached hydrogens (primary N) is 1. The number of aryl methyl sites for hydroxylation is 1. The molecule has 130 valence electrons. The van der Waals surface area contributed by atoms with E-state index in [2.05, 4.69) is 24.0 Å². The van der Waals surface area contributed by atoms with Crippen molar-refractivity contribution in [1.29, 1.82) is 0 Å². The summed E-state index contributed by atoms with van der Waals surface area (Å²) >= 11 is 1.53. The molecule has 24 heavy (non-hydrogen) atoms. The minimum Gasteiger partial charge on any atom is -0.337 e. The maximum atomic E-state index is 12.7. The Hall–Kier alpha value is -1.43. The van der Waals surface area contributed by atoms with Crippen LogP contribution >= 0.6 is 23.7 Å². The molecule has 4 nitrogen and oxygen atoms in total. The summed E-state index contributed by atoms with van der Waals surface area (Å²) < 4.78 is 0. The zero-order valence-electron chi connectivity index (χ0n) is 14.1. The SMILES string of the molecule is Cc1ccccc1-c1nc(C(=O)N2CCCC(C(C)N)C2)cs1.Cl. The van der Waals surface area contributed by atoms with Crippen molar-refractivity contribution in [3.05, 3.63) is 40.9 Å². The summed E-state index contributed by atoms with van der Waals surface area (Å²) in [7, 11) is 0.